The molecule has 0 aliphatic carbocycles. The fourth-order valence-corrected chi connectivity index (χ4v) is 11.1. The molecule has 4 amide bonds. The van der Waals surface area contributed by atoms with E-state index in [2.05, 4.69) is 46.9 Å². The van der Waals surface area contributed by atoms with E-state index in [0.717, 1.165) is 80.4 Å². The van der Waals surface area contributed by atoms with Crippen LogP contribution in [0.1, 0.15) is 79.4 Å². The van der Waals surface area contributed by atoms with Crippen molar-refractivity contribution in [3.63, 3.8) is 0 Å². The van der Waals surface area contributed by atoms with E-state index in [9.17, 15) is 28.4 Å². The van der Waals surface area contributed by atoms with Crippen molar-refractivity contribution >= 4 is 45.4 Å². The Balaban J connectivity index is 0.816. The number of carbonyl (C=O) groups excluding carboxylic acids is 4. The first-order valence-corrected chi connectivity index (χ1v) is 24.2. The summed E-state index contributed by atoms with van der Waals surface area (Å²) in [6.45, 7) is 7.54. The summed E-state index contributed by atoms with van der Waals surface area (Å²) in [6.07, 6.45) is 5.20. The number of carbonyl (C=O) groups is 4. The predicted octanol–water partition coefficient (Wildman–Crippen LogP) is 0.167. The van der Waals surface area contributed by atoms with Crippen LogP contribution in [-0.2, 0) is 28.0 Å². The molecule has 15 nitrogen and oxygen atoms in total. The molecule has 17 heteroatoms. The number of fused-ring (bicyclic) bond motifs is 3. The van der Waals surface area contributed by atoms with Crippen LogP contribution in [0, 0.1) is 29.6 Å². The number of hydrogen-bond donors (Lipinski definition) is 3. The SMILES string of the molecule is CC[C@@H]1[C@H](F)C(=O)N[C@@H]1COc1ncc(C#CC2CCN(CC3CCN(Cc4cccc5c4n(C)c(=O)n5C4CCC(=O)NC4=O)CC3)CC2)c2cc3c(cc12)OC[I-]NC3=O. The van der Waals surface area contributed by atoms with Gasteiger partial charge in [-0.1, -0.05) is 12.1 Å². The van der Waals surface area contributed by atoms with E-state index in [0.29, 0.717) is 58.1 Å². The molecule has 7 heterocycles. The minimum absolute atomic E-state index is 0.0598. The number of amides is 4. The monoisotopic (exact) mass is 961 g/mol. The van der Waals surface area contributed by atoms with Gasteiger partial charge < -0.3 is 0 Å². The molecule has 5 aliphatic rings. The number of nitrogens with one attached hydrogen (secondary N) is 3. The summed E-state index contributed by atoms with van der Waals surface area (Å²) >= 11 is -0.651. The number of pyridine rings is 1. The maximum absolute atomic E-state index is 14.5. The van der Waals surface area contributed by atoms with Crippen molar-refractivity contribution in [1.29, 1.82) is 0 Å². The zero-order chi connectivity index (χ0) is 43.1. The fraction of sp³-hybridized carbons (Fsp3) is 0.511. The summed E-state index contributed by atoms with van der Waals surface area (Å²) < 4.78 is 33.2. The Morgan fingerprint density at radius 2 is 1.77 bits per heavy atom. The summed E-state index contributed by atoms with van der Waals surface area (Å²) in [5.74, 6) is 6.47. The number of ether oxygens (including phenoxy) is 2. The number of alkyl halides is 2. The Morgan fingerprint density at radius 3 is 2.55 bits per heavy atom. The molecule has 0 radical (unpaired) electrons. The number of likely N-dealkylation sites (tertiary alicyclic amines) is 2. The van der Waals surface area contributed by atoms with Crippen LogP contribution < -0.4 is 50.8 Å². The molecule has 4 saturated heterocycles. The van der Waals surface area contributed by atoms with E-state index >= 15 is 0 Å². The van der Waals surface area contributed by atoms with Gasteiger partial charge in [-0.25, -0.2) is 4.79 Å². The van der Waals surface area contributed by atoms with Crippen molar-refractivity contribution < 1.29 is 54.5 Å². The average molecular weight is 962 g/mol. The quantitative estimate of drug-likeness (QED) is 0.0692. The number of aryl methyl sites for hydroxylation is 1. The van der Waals surface area contributed by atoms with Crippen molar-refractivity contribution in [2.24, 2.45) is 24.8 Å². The molecule has 62 heavy (non-hydrogen) atoms. The van der Waals surface area contributed by atoms with Crippen LogP contribution in [-0.4, -0.2) is 104 Å². The van der Waals surface area contributed by atoms with Gasteiger partial charge in [0, 0.05) is 26.6 Å². The number of aromatic nitrogens is 3. The van der Waals surface area contributed by atoms with Crippen molar-refractivity contribution in [3.8, 4) is 23.5 Å². The molecular weight excluding hydrogens is 910 g/mol. The molecule has 4 atom stereocenters. The number of rotatable bonds is 9. The van der Waals surface area contributed by atoms with Crippen LogP contribution in [0.15, 0.2) is 41.3 Å². The van der Waals surface area contributed by atoms with Gasteiger partial charge in [0.05, 0.1) is 11.0 Å². The van der Waals surface area contributed by atoms with Crippen molar-refractivity contribution in [2.45, 2.75) is 76.7 Å². The number of imidazole rings is 1. The van der Waals surface area contributed by atoms with Crippen LogP contribution in [0.5, 0.6) is 11.6 Å². The summed E-state index contributed by atoms with van der Waals surface area (Å²) in [5.41, 5.74) is 3.48. The van der Waals surface area contributed by atoms with Crippen molar-refractivity contribution in [1.82, 2.24) is 38.1 Å². The molecular formula is C45H51FIN8O7-. The molecule has 4 aromatic rings. The zero-order valence-electron chi connectivity index (χ0n) is 34.9. The standard InChI is InChI=1S/C45H51FIN8O7/c1-3-30-34(49-43(59)39(30)46)24-61-44-32-20-37-33(41(57)51-47-25-62-37)19-31(32)28(21-48-44)8-7-26-11-15-53(16-12-26)22-27-13-17-54(18-14-27)23-29-5-4-6-35-40(29)52(2)45(60)55(35)36-9-10-38(56)50-42(36)58/h4-6,19-21,26-27,30,34,36,39H,3,9-18,22-25H2,1-2H3,(H,49,59)(H,51,57)(H,50,56,58)/q-1/t30-,34+,36?,39-/m0/s1. The molecule has 2 aromatic carbocycles. The van der Waals surface area contributed by atoms with Gasteiger partial charge in [-0.05, 0) is 49.9 Å². The minimum atomic E-state index is -1.57. The van der Waals surface area contributed by atoms with Crippen LogP contribution >= 0.6 is 0 Å². The molecule has 2 aromatic heterocycles. The second-order valence-electron chi connectivity index (χ2n) is 17.1. The molecule has 0 saturated carbocycles. The Kier molecular flexibility index (Phi) is 12.2. The number of halogens is 2. The van der Waals surface area contributed by atoms with Gasteiger partial charge in [-0.15, -0.1) is 0 Å². The van der Waals surface area contributed by atoms with E-state index in [1.54, 1.807) is 34.5 Å². The first kappa shape index (κ1) is 42.3. The first-order chi connectivity index (χ1) is 30.1. The van der Waals surface area contributed by atoms with Crippen molar-refractivity contribution in [2.75, 3.05) is 43.9 Å². The van der Waals surface area contributed by atoms with Crippen LogP contribution in [0.3, 0.4) is 0 Å². The fourth-order valence-electron chi connectivity index (χ4n) is 9.82. The topological polar surface area (TPSA) is 169 Å². The van der Waals surface area contributed by atoms with E-state index < -0.39 is 57.5 Å². The molecule has 328 valence electrons. The Hall–Kier alpha value is -5.06. The first-order valence-electron chi connectivity index (χ1n) is 21.6. The average Bonchev–Trinajstić information content (AvgIpc) is 3.61. The number of imide groups is 1. The third-order valence-electron chi connectivity index (χ3n) is 13.3. The molecule has 0 spiro atoms. The van der Waals surface area contributed by atoms with Gasteiger partial charge in [-0.3, -0.25) is 28.9 Å². The summed E-state index contributed by atoms with van der Waals surface area (Å²) in [4.78, 5) is 72.6. The van der Waals surface area contributed by atoms with Gasteiger partial charge in [0.15, 0.2) is 0 Å². The number of nitrogens with zero attached hydrogens (tertiary/aromatic N) is 5. The molecule has 9 rings (SSSR count). The summed E-state index contributed by atoms with van der Waals surface area (Å²) in [7, 11) is 1.75. The van der Waals surface area contributed by atoms with Crippen molar-refractivity contribution in [3.05, 3.63) is 63.7 Å². The predicted molar refractivity (Wildman–Crippen MR) is 223 cm³/mol. The van der Waals surface area contributed by atoms with Crippen LogP contribution in [0.2, 0.25) is 0 Å². The van der Waals surface area contributed by atoms with Gasteiger partial charge in [0.1, 0.15) is 6.04 Å². The Labute approximate surface area is 369 Å². The Morgan fingerprint density at radius 1 is 0.984 bits per heavy atom. The van der Waals surface area contributed by atoms with Crippen LogP contribution in [0.4, 0.5) is 4.39 Å². The number of piperidine rings is 3. The van der Waals surface area contributed by atoms with Gasteiger partial charge >= 0.3 is 219 Å². The second kappa shape index (κ2) is 18.0. The van der Waals surface area contributed by atoms with E-state index in [-0.39, 0.29) is 36.4 Å². The third kappa shape index (κ3) is 8.40. The van der Waals surface area contributed by atoms with Gasteiger partial charge in [0.2, 0.25) is 11.8 Å². The van der Waals surface area contributed by atoms with Gasteiger partial charge in [-0.2, -0.15) is 0 Å². The van der Waals surface area contributed by atoms with E-state index in [1.807, 2.05) is 19.1 Å². The van der Waals surface area contributed by atoms with E-state index in [4.69, 9.17) is 9.47 Å². The summed E-state index contributed by atoms with van der Waals surface area (Å²) in [5, 5.41) is 6.47. The van der Waals surface area contributed by atoms with Gasteiger partial charge in [0.25, 0.3) is 0 Å². The molecule has 4 fully saturated rings. The molecule has 1 unspecified atom stereocenters. The molecule has 0 bridgehead atoms. The van der Waals surface area contributed by atoms with E-state index in [1.165, 1.54) is 0 Å². The normalized spacial score (nSPS) is 24.3. The zero-order valence-corrected chi connectivity index (χ0v) is 37.0. The number of hydrogen-bond acceptors (Lipinski definition) is 10. The Bertz CT molecular complexity index is 2550. The molecule has 3 N–H and O–H groups in total. The number of benzene rings is 2. The van der Waals surface area contributed by atoms with Crippen LogP contribution in [0.25, 0.3) is 21.8 Å². The third-order valence-corrected chi connectivity index (χ3v) is 14.8. The molecule has 5 aliphatic heterocycles. The maximum atomic E-state index is 14.5. The number of para-hydroxylation sites is 1. The second-order valence-corrected chi connectivity index (χ2v) is 19.0. The summed E-state index contributed by atoms with van der Waals surface area (Å²) in [6, 6.07) is 8.29.